The Morgan fingerprint density at radius 1 is 1.37 bits per heavy atom. The molecular formula is C17H23N3O6S. The number of furan rings is 1. The molecule has 0 saturated carbocycles. The van der Waals surface area contributed by atoms with E-state index in [9.17, 15) is 13.2 Å². The zero-order valence-electron chi connectivity index (χ0n) is 15.1. The Balaban J connectivity index is 1.78. The Bertz CT molecular complexity index is 840. The van der Waals surface area contributed by atoms with Crippen molar-refractivity contribution in [3.05, 3.63) is 42.1 Å². The lowest BCUT2D eigenvalue weighted by molar-refractivity contribution is 0.0360. The number of hydrogen-bond acceptors (Lipinski definition) is 7. The number of aromatic nitrogens is 1. The van der Waals surface area contributed by atoms with Crippen molar-refractivity contribution >= 4 is 16.0 Å². The number of methoxy groups -OCH3 is 1. The van der Waals surface area contributed by atoms with Gasteiger partial charge in [0, 0.05) is 32.4 Å². The number of H-pyrrole nitrogens is 1. The van der Waals surface area contributed by atoms with E-state index in [-0.39, 0.29) is 17.1 Å². The minimum Gasteiger partial charge on any atom is -0.468 e. The Morgan fingerprint density at radius 2 is 2.15 bits per heavy atom. The first kappa shape index (κ1) is 19.6. The van der Waals surface area contributed by atoms with Gasteiger partial charge in [0.1, 0.15) is 16.3 Å². The number of rotatable bonds is 8. The molecule has 1 fully saturated rings. The van der Waals surface area contributed by atoms with Gasteiger partial charge in [-0.3, -0.25) is 4.90 Å². The number of carbonyl (C=O) groups is 1. The maximum absolute atomic E-state index is 13.1. The van der Waals surface area contributed by atoms with E-state index in [4.69, 9.17) is 9.15 Å². The fourth-order valence-corrected chi connectivity index (χ4v) is 4.23. The molecule has 1 aliphatic heterocycles. The molecule has 10 heteroatoms. The molecular weight excluding hydrogens is 374 g/mol. The Labute approximate surface area is 157 Å². The molecule has 0 unspecified atom stereocenters. The number of ether oxygens (including phenoxy) is 2. The fraction of sp³-hybridized carbons (Fsp3) is 0.471. The van der Waals surface area contributed by atoms with Gasteiger partial charge < -0.3 is 18.9 Å². The standard InChI is InChI=1S/C17H23N3O6S/c1-24-17(21)16-11-15(12-18-16)27(22,23)20(13-14-3-2-8-26-14)5-4-19-6-9-25-10-7-19/h2-3,8,11-12,18H,4-7,9-10,13H2,1H3. The predicted molar refractivity (Wildman–Crippen MR) is 95.7 cm³/mol. The molecule has 0 spiro atoms. The highest BCUT2D eigenvalue weighted by atomic mass is 32.2. The van der Waals surface area contributed by atoms with E-state index in [1.807, 2.05) is 0 Å². The summed E-state index contributed by atoms with van der Waals surface area (Å²) in [6, 6.07) is 4.73. The maximum Gasteiger partial charge on any atom is 0.354 e. The molecule has 2 aromatic heterocycles. The second kappa shape index (κ2) is 8.70. The molecule has 1 saturated heterocycles. The molecule has 3 rings (SSSR count). The average molecular weight is 397 g/mol. The molecule has 0 aromatic carbocycles. The summed E-state index contributed by atoms with van der Waals surface area (Å²) >= 11 is 0. The first-order valence-corrected chi connectivity index (χ1v) is 10.0. The third kappa shape index (κ3) is 4.78. The lowest BCUT2D eigenvalue weighted by atomic mass is 10.4. The first-order chi connectivity index (χ1) is 13.0. The van der Waals surface area contributed by atoms with Gasteiger partial charge >= 0.3 is 5.97 Å². The first-order valence-electron chi connectivity index (χ1n) is 8.60. The fourth-order valence-electron chi connectivity index (χ4n) is 2.84. The Morgan fingerprint density at radius 3 is 2.81 bits per heavy atom. The van der Waals surface area contributed by atoms with Crippen LogP contribution in [0.1, 0.15) is 16.2 Å². The lowest BCUT2D eigenvalue weighted by Crippen LogP contribution is -2.42. The smallest absolute Gasteiger partial charge is 0.354 e. The number of esters is 1. The van der Waals surface area contributed by atoms with Crippen LogP contribution in [0.4, 0.5) is 0 Å². The third-order valence-corrected chi connectivity index (χ3v) is 6.20. The molecule has 1 aliphatic rings. The van der Waals surface area contributed by atoms with E-state index in [1.54, 1.807) is 12.1 Å². The summed E-state index contributed by atoms with van der Waals surface area (Å²) in [6.45, 7) is 3.81. The zero-order chi connectivity index (χ0) is 19.3. The van der Waals surface area contributed by atoms with E-state index < -0.39 is 16.0 Å². The minimum absolute atomic E-state index is 0.0106. The van der Waals surface area contributed by atoms with E-state index in [2.05, 4.69) is 14.6 Å². The van der Waals surface area contributed by atoms with Gasteiger partial charge in [-0.1, -0.05) is 0 Å². The highest BCUT2D eigenvalue weighted by Crippen LogP contribution is 2.20. The highest BCUT2D eigenvalue weighted by Gasteiger charge is 2.28. The van der Waals surface area contributed by atoms with Crippen LogP contribution in [-0.4, -0.2) is 75.1 Å². The van der Waals surface area contributed by atoms with Crippen molar-refractivity contribution in [1.82, 2.24) is 14.2 Å². The Kier molecular flexibility index (Phi) is 6.32. The molecule has 0 bridgehead atoms. The molecule has 0 radical (unpaired) electrons. The van der Waals surface area contributed by atoms with Gasteiger partial charge in [0.15, 0.2) is 0 Å². The number of nitrogens with zero attached hydrogens (tertiary/aromatic N) is 2. The number of sulfonamides is 1. The maximum atomic E-state index is 13.1. The van der Waals surface area contributed by atoms with Gasteiger partial charge in [0.05, 0.1) is 33.1 Å². The molecule has 2 aromatic rings. The van der Waals surface area contributed by atoms with Crippen molar-refractivity contribution in [1.29, 1.82) is 0 Å². The molecule has 0 amide bonds. The van der Waals surface area contributed by atoms with E-state index >= 15 is 0 Å². The van der Waals surface area contributed by atoms with Crippen molar-refractivity contribution in [3.8, 4) is 0 Å². The summed E-state index contributed by atoms with van der Waals surface area (Å²) in [6.07, 6.45) is 2.80. The van der Waals surface area contributed by atoms with Crippen LogP contribution < -0.4 is 0 Å². The van der Waals surface area contributed by atoms with E-state index in [0.29, 0.717) is 32.1 Å². The van der Waals surface area contributed by atoms with Crippen molar-refractivity contribution in [2.45, 2.75) is 11.4 Å². The molecule has 0 aliphatic carbocycles. The van der Waals surface area contributed by atoms with Crippen LogP contribution in [0.2, 0.25) is 0 Å². The van der Waals surface area contributed by atoms with E-state index in [0.717, 1.165) is 13.1 Å². The molecule has 1 N–H and O–H groups in total. The molecule has 0 atom stereocenters. The summed E-state index contributed by atoms with van der Waals surface area (Å²) in [7, 11) is -2.58. The number of morpholine rings is 1. The number of carbonyl (C=O) groups excluding carboxylic acids is 1. The van der Waals surface area contributed by atoms with Crippen LogP contribution in [0, 0.1) is 0 Å². The van der Waals surface area contributed by atoms with E-state index in [1.165, 1.54) is 29.9 Å². The van der Waals surface area contributed by atoms with Crippen molar-refractivity contribution in [3.63, 3.8) is 0 Å². The summed E-state index contributed by atoms with van der Waals surface area (Å²) < 4.78 is 42.9. The van der Waals surface area contributed by atoms with Crippen LogP contribution in [0.5, 0.6) is 0 Å². The molecule has 148 valence electrons. The largest absolute Gasteiger partial charge is 0.468 e. The monoisotopic (exact) mass is 397 g/mol. The van der Waals surface area contributed by atoms with Crippen LogP contribution >= 0.6 is 0 Å². The van der Waals surface area contributed by atoms with Crippen LogP contribution in [0.15, 0.2) is 40.0 Å². The second-order valence-corrected chi connectivity index (χ2v) is 8.05. The average Bonchev–Trinajstić information content (AvgIpc) is 3.37. The molecule has 27 heavy (non-hydrogen) atoms. The van der Waals surface area contributed by atoms with Gasteiger partial charge in [-0.05, 0) is 18.2 Å². The molecule has 3 heterocycles. The summed E-state index contributed by atoms with van der Waals surface area (Å²) in [5, 5.41) is 0. The highest BCUT2D eigenvalue weighted by molar-refractivity contribution is 7.89. The normalized spacial score (nSPS) is 15.9. The zero-order valence-corrected chi connectivity index (χ0v) is 15.9. The van der Waals surface area contributed by atoms with Crippen molar-refractivity contribution in [2.75, 3.05) is 46.5 Å². The topological polar surface area (TPSA) is 105 Å². The Hall–Kier alpha value is -2.14. The van der Waals surface area contributed by atoms with Gasteiger partial charge in [0.2, 0.25) is 10.0 Å². The number of nitrogens with one attached hydrogen (secondary N) is 1. The summed E-state index contributed by atoms with van der Waals surface area (Å²) in [5.41, 5.74) is 0.0854. The van der Waals surface area contributed by atoms with Crippen LogP contribution in [0.3, 0.4) is 0 Å². The van der Waals surface area contributed by atoms with Crippen molar-refractivity contribution < 1.29 is 27.1 Å². The van der Waals surface area contributed by atoms with Crippen molar-refractivity contribution in [2.24, 2.45) is 0 Å². The van der Waals surface area contributed by atoms with Gasteiger partial charge in [0.25, 0.3) is 0 Å². The lowest BCUT2D eigenvalue weighted by Gasteiger charge is -2.29. The van der Waals surface area contributed by atoms with Crippen LogP contribution in [-0.2, 0) is 26.0 Å². The SMILES string of the molecule is COC(=O)c1cc(S(=O)(=O)N(CCN2CCOCC2)Cc2ccco2)c[nH]1. The summed E-state index contributed by atoms with van der Waals surface area (Å²) in [4.78, 5) is 16.4. The minimum atomic E-state index is -3.82. The number of hydrogen-bond donors (Lipinski definition) is 1. The quantitative estimate of drug-likeness (QED) is 0.660. The van der Waals surface area contributed by atoms with Crippen LogP contribution in [0.25, 0.3) is 0 Å². The van der Waals surface area contributed by atoms with Gasteiger partial charge in [-0.2, -0.15) is 4.31 Å². The second-order valence-electron chi connectivity index (χ2n) is 6.11. The molecule has 9 nitrogen and oxygen atoms in total. The van der Waals surface area contributed by atoms with Gasteiger partial charge in [-0.25, -0.2) is 13.2 Å². The third-order valence-electron chi connectivity index (χ3n) is 4.38. The predicted octanol–water partition coefficient (Wildman–Crippen LogP) is 0.917. The van der Waals surface area contributed by atoms with Gasteiger partial charge in [-0.15, -0.1) is 0 Å². The summed E-state index contributed by atoms with van der Waals surface area (Å²) in [5.74, 6) is -0.0772. The number of aromatic amines is 1.